The Labute approximate surface area is 93.3 Å². The summed E-state index contributed by atoms with van der Waals surface area (Å²) in [6.45, 7) is 0. The van der Waals surface area contributed by atoms with Crippen LogP contribution in [0.25, 0.3) is 0 Å². The number of phosphoric acid groups is 2. The molecule has 0 radical (unpaired) electrons. The van der Waals surface area contributed by atoms with Crippen molar-refractivity contribution in [3.63, 3.8) is 0 Å². The second-order valence-electron chi connectivity index (χ2n) is 0.894. The average molecular weight is 312 g/mol. The molecule has 0 saturated carbocycles. The first-order valence-corrected chi connectivity index (χ1v) is 4.38. The molecule has 0 spiro atoms. The van der Waals surface area contributed by atoms with E-state index in [-0.39, 0.29) is 39.3 Å². The van der Waals surface area contributed by atoms with Crippen LogP contribution in [-0.4, -0.2) is 17.6 Å². The molecule has 0 aliphatic carbocycles. The average Bonchev–Trinajstić information content (AvgIpc) is 1.12. The third-order valence-corrected chi connectivity index (χ3v) is 0. The summed E-state index contributed by atoms with van der Waals surface area (Å²) in [5, 5.41) is 0. The first-order valence-electron chi connectivity index (χ1n) is 1.46. The van der Waals surface area contributed by atoms with Crippen LogP contribution in [0.3, 0.4) is 0 Å². The summed E-state index contributed by atoms with van der Waals surface area (Å²) in [7, 11) is -10.8. The Bertz CT molecular complexity index is 129. The molecule has 8 nitrogen and oxygen atoms in total. The third-order valence-electron chi connectivity index (χ3n) is 0. The summed E-state index contributed by atoms with van der Waals surface area (Å²) in [5.74, 6) is 0. The molecule has 68 valence electrons. The van der Waals surface area contributed by atoms with E-state index >= 15 is 0 Å². The van der Waals surface area contributed by atoms with Gasteiger partial charge in [-0.2, -0.15) is 15.6 Å². The van der Waals surface area contributed by atoms with Gasteiger partial charge in [0.25, 0.3) is 0 Å². The van der Waals surface area contributed by atoms with Gasteiger partial charge in [-0.05, 0) is 0 Å². The molecule has 0 fully saturated rings. The van der Waals surface area contributed by atoms with E-state index in [4.69, 9.17) is 38.5 Å². The predicted octanol–water partition coefficient (Wildman–Crippen LogP) is -6.57. The molecular weight excluding hydrogens is 310 g/mol. The third kappa shape index (κ3) is 577. The van der Waals surface area contributed by atoms with Crippen molar-refractivity contribution in [1.29, 1.82) is 0 Å². The summed E-state index contributed by atoms with van der Waals surface area (Å²) in [6, 6.07) is 0. The van der Waals surface area contributed by atoms with E-state index in [9.17, 15) is 0 Å². The zero-order valence-electron chi connectivity index (χ0n) is 5.37. The van der Waals surface area contributed by atoms with Gasteiger partial charge in [-0.25, -0.2) is 0 Å². The van der Waals surface area contributed by atoms with Gasteiger partial charge in [-0.3, -0.25) is 0 Å². The van der Waals surface area contributed by atoms with Crippen molar-refractivity contribution >= 4 is 33.2 Å². The van der Waals surface area contributed by atoms with Crippen LogP contribution in [0.2, 0.25) is 0 Å². The molecule has 0 bridgehead atoms. The van der Waals surface area contributed by atoms with Gasteiger partial charge in [-0.1, -0.05) is 0 Å². The SMILES string of the molecule is O=P([O-])([O-])[O-].O=P([O-])([O-])[O-].[GeH2+2].[Ti+4]. The fourth-order valence-corrected chi connectivity index (χ4v) is 0. The minimum Gasteiger partial charge on any atom is 4.00 e. The van der Waals surface area contributed by atoms with E-state index < -0.39 is 15.6 Å². The minimum atomic E-state index is -5.39. The Balaban J connectivity index is -0.0000000457. The van der Waals surface area contributed by atoms with Crippen LogP contribution in [-0.2, 0) is 30.8 Å². The predicted molar refractivity (Wildman–Crippen MR) is 23.8 cm³/mol. The number of hydrogen-bond donors (Lipinski definition) is 0. The molecule has 0 aromatic carbocycles. The van der Waals surface area contributed by atoms with E-state index in [0.717, 1.165) is 0 Å². The maximum atomic E-state index is 8.55. The van der Waals surface area contributed by atoms with Crippen molar-refractivity contribution < 1.29 is 60.2 Å². The van der Waals surface area contributed by atoms with Gasteiger partial charge in [0.05, 0.1) is 0 Å². The van der Waals surface area contributed by atoms with E-state index in [1.807, 2.05) is 0 Å². The van der Waals surface area contributed by atoms with Gasteiger partial charge in [0.1, 0.15) is 0 Å². The maximum Gasteiger partial charge on any atom is 4.00 e. The Morgan fingerprint density at radius 2 is 0.667 bits per heavy atom. The zero-order valence-corrected chi connectivity index (χ0v) is 11.7. The summed E-state index contributed by atoms with van der Waals surface area (Å²) in [5.41, 5.74) is 0. The summed E-state index contributed by atoms with van der Waals surface area (Å²) in [4.78, 5) is 51.3. The van der Waals surface area contributed by atoms with Gasteiger partial charge >= 0.3 is 39.3 Å². The molecule has 0 aromatic rings. The molecular formula is H2GeO8P2Ti. The van der Waals surface area contributed by atoms with Crippen LogP contribution >= 0.6 is 15.6 Å². The molecule has 0 aliphatic heterocycles. The summed E-state index contributed by atoms with van der Waals surface area (Å²) >= 11 is 0. The second kappa shape index (κ2) is 9.05. The van der Waals surface area contributed by atoms with E-state index in [0.29, 0.717) is 0 Å². The van der Waals surface area contributed by atoms with Crippen molar-refractivity contribution in [1.82, 2.24) is 0 Å². The standard InChI is InChI=1S/GeH2.2H3O4P.Ti/c;2*1-5(2,3)4;/h1H2;2*(H3,1,2,3,4);/q+2;;;+4/p-6. The Morgan fingerprint density at radius 1 is 0.667 bits per heavy atom. The molecule has 0 heterocycles. The van der Waals surface area contributed by atoms with Crippen LogP contribution in [0.1, 0.15) is 0 Å². The van der Waals surface area contributed by atoms with Crippen molar-refractivity contribution in [3.05, 3.63) is 0 Å². The van der Waals surface area contributed by atoms with E-state index in [1.54, 1.807) is 0 Å². The van der Waals surface area contributed by atoms with Gasteiger partial charge in [-0.15, -0.1) is 0 Å². The molecule has 12 heavy (non-hydrogen) atoms. The quantitative estimate of drug-likeness (QED) is 0.313. The molecule has 0 saturated heterocycles. The fraction of sp³-hybridized carbons (Fsp3) is 0. The Hall–Kier alpha value is 1.48. The van der Waals surface area contributed by atoms with E-state index in [2.05, 4.69) is 0 Å². The van der Waals surface area contributed by atoms with Crippen LogP contribution < -0.4 is 29.4 Å². The number of rotatable bonds is 0. The molecule has 0 aromatic heterocycles. The van der Waals surface area contributed by atoms with Crippen molar-refractivity contribution in [2.45, 2.75) is 0 Å². The molecule has 0 aliphatic rings. The molecule has 0 N–H and O–H groups in total. The Morgan fingerprint density at radius 3 is 0.667 bits per heavy atom. The van der Waals surface area contributed by atoms with Gasteiger partial charge in [0.15, 0.2) is 0 Å². The summed E-state index contributed by atoms with van der Waals surface area (Å²) in [6.07, 6.45) is 0. The minimum absolute atomic E-state index is 0. The van der Waals surface area contributed by atoms with Crippen LogP contribution in [0.15, 0.2) is 0 Å². The van der Waals surface area contributed by atoms with Crippen LogP contribution in [0.4, 0.5) is 0 Å². The maximum absolute atomic E-state index is 8.55. The van der Waals surface area contributed by atoms with Gasteiger partial charge in [0, 0.05) is 0 Å². The zero-order chi connectivity index (χ0) is 9.00. The Kier molecular flexibility index (Phi) is 17.6. The van der Waals surface area contributed by atoms with Crippen molar-refractivity contribution in [2.75, 3.05) is 0 Å². The topological polar surface area (TPSA) is 172 Å². The van der Waals surface area contributed by atoms with Crippen molar-refractivity contribution in [2.24, 2.45) is 0 Å². The molecule has 12 heteroatoms. The molecule has 0 unspecified atom stereocenters. The first kappa shape index (κ1) is 23.4. The normalized spacial score (nSPS) is 9.83. The second-order valence-corrected chi connectivity index (χ2v) is 2.68. The smallest absolute Gasteiger partial charge is 4.00 e. The van der Waals surface area contributed by atoms with Gasteiger partial charge < -0.3 is 38.5 Å². The van der Waals surface area contributed by atoms with Crippen LogP contribution in [0.5, 0.6) is 0 Å². The summed E-state index contributed by atoms with van der Waals surface area (Å²) < 4.78 is 17.1. The van der Waals surface area contributed by atoms with Gasteiger partial charge in [0.2, 0.25) is 0 Å². The number of hydrogen-bond acceptors (Lipinski definition) is 8. The van der Waals surface area contributed by atoms with E-state index in [1.165, 1.54) is 0 Å². The molecule has 0 amide bonds. The van der Waals surface area contributed by atoms with Crippen LogP contribution in [0, 0.1) is 0 Å². The molecule has 0 atom stereocenters. The first-order chi connectivity index (χ1) is 4.00. The fourth-order valence-electron chi connectivity index (χ4n) is 0. The molecule has 0 rings (SSSR count). The van der Waals surface area contributed by atoms with Crippen molar-refractivity contribution in [3.8, 4) is 0 Å². The monoisotopic (exact) mass is 314 g/mol. The largest absolute Gasteiger partial charge is 4.00 e.